The van der Waals surface area contributed by atoms with Crippen molar-refractivity contribution >= 4 is 11.6 Å². The number of carbonyl (C=O) groups is 1. The van der Waals surface area contributed by atoms with Crippen LogP contribution >= 0.6 is 0 Å². The van der Waals surface area contributed by atoms with Crippen molar-refractivity contribution in [2.45, 2.75) is 39.2 Å². The molecule has 5 heteroatoms. The van der Waals surface area contributed by atoms with Crippen LogP contribution in [-0.2, 0) is 4.79 Å². The first-order valence-electron chi connectivity index (χ1n) is 7.54. The lowest BCUT2D eigenvalue weighted by Crippen LogP contribution is -2.38. The molecule has 1 amide bonds. The molecule has 1 aromatic rings. The van der Waals surface area contributed by atoms with E-state index in [2.05, 4.69) is 17.6 Å². The van der Waals surface area contributed by atoms with E-state index in [4.69, 9.17) is 9.47 Å². The molecule has 1 heterocycles. The van der Waals surface area contributed by atoms with Crippen molar-refractivity contribution < 1.29 is 14.3 Å². The van der Waals surface area contributed by atoms with Crippen molar-refractivity contribution in [2.24, 2.45) is 0 Å². The highest BCUT2D eigenvalue weighted by Gasteiger charge is 2.19. The normalized spacial score (nSPS) is 14.6. The third-order valence-corrected chi connectivity index (χ3v) is 3.66. The Labute approximate surface area is 126 Å². The van der Waals surface area contributed by atoms with Gasteiger partial charge in [0.25, 0.3) is 0 Å². The van der Waals surface area contributed by atoms with Crippen LogP contribution in [0.2, 0.25) is 0 Å². The van der Waals surface area contributed by atoms with Gasteiger partial charge in [0.1, 0.15) is 13.2 Å². The van der Waals surface area contributed by atoms with Gasteiger partial charge >= 0.3 is 0 Å². The molecule has 1 aliphatic rings. The fraction of sp³-hybridized carbons (Fsp3) is 0.562. The lowest BCUT2D eigenvalue weighted by molar-refractivity contribution is -0.118. The van der Waals surface area contributed by atoms with Gasteiger partial charge in [0.05, 0.1) is 6.04 Å². The van der Waals surface area contributed by atoms with Crippen LogP contribution in [0.5, 0.6) is 11.5 Å². The van der Waals surface area contributed by atoms with Gasteiger partial charge in [-0.15, -0.1) is 0 Å². The fourth-order valence-corrected chi connectivity index (χ4v) is 2.36. The van der Waals surface area contributed by atoms with Crippen molar-refractivity contribution in [3.05, 3.63) is 17.7 Å². The second-order valence-corrected chi connectivity index (χ2v) is 5.28. The molecule has 1 unspecified atom stereocenters. The molecule has 0 saturated heterocycles. The first-order valence-corrected chi connectivity index (χ1v) is 7.54. The van der Waals surface area contributed by atoms with E-state index in [0.717, 1.165) is 36.3 Å². The third-order valence-electron chi connectivity index (χ3n) is 3.66. The number of ether oxygens (including phenoxy) is 2. The molecule has 0 saturated carbocycles. The van der Waals surface area contributed by atoms with E-state index in [1.807, 2.05) is 26.1 Å². The number of unbranched alkanes of at least 4 members (excludes halogenated alkanes) is 1. The number of fused-ring (bicyclic) bond motifs is 1. The average Bonchev–Trinajstić information content (AvgIpc) is 2.49. The molecule has 116 valence electrons. The van der Waals surface area contributed by atoms with Gasteiger partial charge in [-0.3, -0.25) is 4.79 Å². The summed E-state index contributed by atoms with van der Waals surface area (Å²) in [6.45, 7) is 5.18. The Morgan fingerprint density at radius 1 is 1.29 bits per heavy atom. The summed E-state index contributed by atoms with van der Waals surface area (Å²) in [5.74, 6) is 1.43. The zero-order valence-electron chi connectivity index (χ0n) is 13.0. The maximum atomic E-state index is 12.3. The van der Waals surface area contributed by atoms with Gasteiger partial charge in [0.2, 0.25) is 5.91 Å². The van der Waals surface area contributed by atoms with E-state index < -0.39 is 0 Å². The molecule has 0 bridgehead atoms. The van der Waals surface area contributed by atoms with E-state index in [0.29, 0.717) is 19.0 Å². The highest BCUT2D eigenvalue weighted by molar-refractivity contribution is 5.95. The number of likely N-dealkylation sites (N-methyl/N-ethyl adjacent to an activating group) is 1. The van der Waals surface area contributed by atoms with Crippen molar-refractivity contribution in [3.63, 3.8) is 0 Å². The zero-order valence-corrected chi connectivity index (χ0v) is 13.0. The summed E-state index contributed by atoms with van der Waals surface area (Å²) < 4.78 is 11.1. The van der Waals surface area contributed by atoms with Crippen LogP contribution < -0.4 is 20.1 Å². The Morgan fingerprint density at radius 3 is 2.57 bits per heavy atom. The molecule has 0 spiro atoms. The maximum Gasteiger partial charge on any atom is 0.241 e. The topological polar surface area (TPSA) is 59.6 Å². The molecule has 0 fully saturated rings. The number of rotatable bonds is 6. The SMILES string of the molecule is CCCCC(NC)C(=O)Nc1cc2c(cc1C)OCCO2. The number of amides is 1. The predicted octanol–water partition coefficient (Wildman–Crippen LogP) is 2.48. The summed E-state index contributed by atoms with van der Waals surface area (Å²) in [6.07, 6.45) is 2.94. The molecule has 2 rings (SSSR count). The molecule has 5 nitrogen and oxygen atoms in total. The standard InChI is InChI=1S/C16H24N2O3/c1-4-5-6-12(17-3)16(19)18-13-10-15-14(9-11(13)2)20-7-8-21-15/h9-10,12,17H,4-8H2,1-3H3,(H,18,19). The van der Waals surface area contributed by atoms with E-state index in [-0.39, 0.29) is 11.9 Å². The highest BCUT2D eigenvalue weighted by Crippen LogP contribution is 2.35. The molecule has 2 N–H and O–H groups in total. The van der Waals surface area contributed by atoms with E-state index in [1.54, 1.807) is 0 Å². The van der Waals surface area contributed by atoms with E-state index in [9.17, 15) is 4.79 Å². The molecule has 1 atom stereocenters. The number of hydrogen-bond acceptors (Lipinski definition) is 4. The number of hydrogen-bond donors (Lipinski definition) is 2. The van der Waals surface area contributed by atoms with Crippen LogP contribution in [-0.4, -0.2) is 32.2 Å². The molecule has 0 aromatic heterocycles. The first-order chi connectivity index (χ1) is 10.2. The number of benzene rings is 1. The second kappa shape index (κ2) is 7.31. The minimum absolute atomic E-state index is 0.00859. The van der Waals surface area contributed by atoms with Crippen molar-refractivity contribution in [1.82, 2.24) is 5.32 Å². The molecule has 0 radical (unpaired) electrons. The first kappa shape index (κ1) is 15.6. The minimum Gasteiger partial charge on any atom is -0.486 e. The Bertz CT molecular complexity index is 503. The van der Waals surface area contributed by atoms with Crippen LogP contribution in [0.1, 0.15) is 31.7 Å². The van der Waals surface area contributed by atoms with E-state index in [1.165, 1.54) is 0 Å². The lowest BCUT2D eigenvalue weighted by Gasteiger charge is -2.21. The summed E-state index contributed by atoms with van der Waals surface area (Å²) in [6, 6.07) is 3.58. The van der Waals surface area contributed by atoms with Crippen LogP contribution in [0.15, 0.2) is 12.1 Å². The molecule has 0 aliphatic carbocycles. The number of carbonyl (C=O) groups excluding carboxylic acids is 1. The summed E-state index contributed by atoms with van der Waals surface area (Å²) in [4.78, 5) is 12.3. The smallest absolute Gasteiger partial charge is 0.241 e. The van der Waals surface area contributed by atoms with Gasteiger partial charge in [-0.25, -0.2) is 0 Å². The van der Waals surface area contributed by atoms with Crippen molar-refractivity contribution in [2.75, 3.05) is 25.6 Å². The number of aryl methyl sites for hydroxylation is 1. The lowest BCUT2D eigenvalue weighted by atomic mass is 10.1. The summed E-state index contributed by atoms with van der Waals surface area (Å²) in [5.41, 5.74) is 1.75. The molecular formula is C16H24N2O3. The van der Waals surface area contributed by atoms with Crippen molar-refractivity contribution in [3.8, 4) is 11.5 Å². The quantitative estimate of drug-likeness (QED) is 0.845. The predicted molar refractivity (Wildman–Crippen MR) is 83.2 cm³/mol. The summed E-state index contributed by atoms with van der Waals surface area (Å²) >= 11 is 0. The van der Waals surface area contributed by atoms with Gasteiger partial charge in [-0.05, 0) is 32.0 Å². The van der Waals surface area contributed by atoms with Gasteiger partial charge in [-0.1, -0.05) is 19.8 Å². The second-order valence-electron chi connectivity index (χ2n) is 5.28. The Balaban J connectivity index is 2.09. The summed E-state index contributed by atoms with van der Waals surface area (Å²) in [7, 11) is 1.82. The van der Waals surface area contributed by atoms with Crippen LogP contribution in [0.4, 0.5) is 5.69 Å². The van der Waals surface area contributed by atoms with Gasteiger partial charge in [0.15, 0.2) is 11.5 Å². The molecule has 1 aromatic carbocycles. The van der Waals surface area contributed by atoms with Gasteiger partial charge < -0.3 is 20.1 Å². The van der Waals surface area contributed by atoms with Gasteiger partial charge in [-0.2, -0.15) is 0 Å². The fourth-order valence-electron chi connectivity index (χ4n) is 2.36. The van der Waals surface area contributed by atoms with E-state index >= 15 is 0 Å². The maximum absolute atomic E-state index is 12.3. The Hall–Kier alpha value is -1.75. The minimum atomic E-state index is -0.169. The summed E-state index contributed by atoms with van der Waals surface area (Å²) in [5, 5.41) is 6.05. The van der Waals surface area contributed by atoms with Gasteiger partial charge in [0, 0.05) is 11.8 Å². The van der Waals surface area contributed by atoms with Crippen LogP contribution in [0.3, 0.4) is 0 Å². The van der Waals surface area contributed by atoms with Crippen LogP contribution in [0, 0.1) is 6.92 Å². The highest BCUT2D eigenvalue weighted by atomic mass is 16.6. The Morgan fingerprint density at radius 2 is 1.95 bits per heavy atom. The Kier molecular flexibility index (Phi) is 5.44. The monoisotopic (exact) mass is 292 g/mol. The van der Waals surface area contributed by atoms with Crippen molar-refractivity contribution in [1.29, 1.82) is 0 Å². The third kappa shape index (κ3) is 3.88. The molecule has 1 aliphatic heterocycles. The number of anilines is 1. The van der Waals surface area contributed by atoms with Crippen LogP contribution in [0.25, 0.3) is 0 Å². The average molecular weight is 292 g/mol. The zero-order chi connectivity index (χ0) is 15.2. The molecular weight excluding hydrogens is 268 g/mol. The molecule has 21 heavy (non-hydrogen) atoms. The number of nitrogens with one attached hydrogen (secondary N) is 2. The largest absolute Gasteiger partial charge is 0.486 e.